The first kappa shape index (κ1) is 12.1. The van der Waals surface area contributed by atoms with Gasteiger partial charge in [0.2, 0.25) is 0 Å². The molecule has 0 amide bonds. The average molecular weight is 407 g/mol. The quantitative estimate of drug-likeness (QED) is 0.701. The predicted molar refractivity (Wildman–Crippen MR) is 77.1 cm³/mol. The lowest BCUT2D eigenvalue weighted by Crippen LogP contribution is -1.95. The molecule has 1 aromatic heterocycles. The van der Waals surface area contributed by atoms with Gasteiger partial charge in [0.1, 0.15) is 10.4 Å². The van der Waals surface area contributed by atoms with Crippen LogP contribution in [-0.2, 0) is 0 Å². The van der Waals surface area contributed by atoms with E-state index in [9.17, 15) is 0 Å². The van der Waals surface area contributed by atoms with Crippen LogP contribution in [0.4, 0.5) is 11.5 Å². The molecule has 2 nitrogen and oxygen atoms in total. The molecule has 0 radical (unpaired) electrons. The maximum Gasteiger partial charge on any atom is 0.131 e. The van der Waals surface area contributed by atoms with Crippen LogP contribution >= 0.6 is 47.8 Å². The Morgan fingerprint density at radius 2 is 1.50 bits per heavy atom. The zero-order valence-electron chi connectivity index (χ0n) is 8.05. The van der Waals surface area contributed by atoms with Crippen LogP contribution in [0, 0.1) is 0 Å². The number of nitrogens with zero attached hydrogens (tertiary/aromatic N) is 1. The highest BCUT2D eigenvalue weighted by Crippen LogP contribution is 2.32. The minimum absolute atomic E-state index is 0.793. The Balaban J connectivity index is 2.34. The molecular formula is C11H7Br3N2. The van der Waals surface area contributed by atoms with Crippen molar-refractivity contribution in [3.63, 3.8) is 0 Å². The van der Waals surface area contributed by atoms with Gasteiger partial charge in [0, 0.05) is 8.95 Å². The summed E-state index contributed by atoms with van der Waals surface area (Å²) in [5.41, 5.74) is 0.966. The van der Waals surface area contributed by atoms with Gasteiger partial charge in [-0.3, -0.25) is 0 Å². The molecule has 0 unspecified atom stereocenters. The molecule has 0 fully saturated rings. The Morgan fingerprint density at radius 3 is 2.12 bits per heavy atom. The summed E-state index contributed by atoms with van der Waals surface area (Å²) in [6, 6.07) is 11.7. The fourth-order valence-corrected chi connectivity index (χ4v) is 2.76. The van der Waals surface area contributed by atoms with Gasteiger partial charge in [-0.25, -0.2) is 4.98 Å². The third-order valence-electron chi connectivity index (χ3n) is 1.93. The topological polar surface area (TPSA) is 24.9 Å². The molecule has 0 aliphatic heterocycles. The Kier molecular flexibility index (Phi) is 4.00. The molecule has 0 bridgehead atoms. The van der Waals surface area contributed by atoms with E-state index in [1.54, 1.807) is 0 Å². The lowest BCUT2D eigenvalue weighted by molar-refractivity contribution is 1.26. The van der Waals surface area contributed by atoms with Gasteiger partial charge in [-0.15, -0.1) is 0 Å². The summed E-state index contributed by atoms with van der Waals surface area (Å²) >= 11 is 10.3. The van der Waals surface area contributed by atoms with Gasteiger partial charge in [0.25, 0.3) is 0 Å². The third-order valence-corrected chi connectivity index (χ3v) is 3.69. The number of rotatable bonds is 2. The van der Waals surface area contributed by atoms with E-state index >= 15 is 0 Å². The minimum atomic E-state index is 0.793. The van der Waals surface area contributed by atoms with Gasteiger partial charge in [-0.1, -0.05) is 12.1 Å². The SMILES string of the molecule is Brc1cccc(Nc2c(Br)cccc2Br)n1. The summed E-state index contributed by atoms with van der Waals surface area (Å²) in [4.78, 5) is 4.31. The van der Waals surface area contributed by atoms with E-state index in [1.165, 1.54) is 0 Å². The predicted octanol–water partition coefficient (Wildman–Crippen LogP) is 5.11. The van der Waals surface area contributed by atoms with Crippen LogP contribution in [0.15, 0.2) is 49.9 Å². The lowest BCUT2D eigenvalue weighted by Gasteiger charge is -2.09. The van der Waals surface area contributed by atoms with Crippen molar-refractivity contribution in [1.82, 2.24) is 4.98 Å². The number of nitrogens with one attached hydrogen (secondary N) is 1. The van der Waals surface area contributed by atoms with Crippen molar-refractivity contribution in [1.29, 1.82) is 0 Å². The van der Waals surface area contributed by atoms with Crippen LogP contribution in [0.2, 0.25) is 0 Å². The molecule has 0 aliphatic carbocycles. The fraction of sp³-hybridized carbons (Fsp3) is 0. The van der Waals surface area contributed by atoms with E-state index in [-0.39, 0.29) is 0 Å². The molecule has 0 saturated carbocycles. The Hall–Kier alpha value is -0.390. The first-order chi connectivity index (χ1) is 7.66. The summed E-state index contributed by atoms with van der Waals surface area (Å²) < 4.78 is 2.79. The van der Waals surface area contributed by atoms with Gasteiger partial charge in [-0.2, -0.15) is 0 Å². The molecule has 0 saturated heterocycles. The Labute approximate surface area is 119 Å². The number of pyridine rings is 1. The maximum atomic E-state index is 4.31. The smallest absolute Gasteiger partial charge is 0.131 e. The number of hydrogen-bond donors (Lipinski definition) is 1. The Morgan fingerprint density at radius 1 is 0.875 bits per heavy atom. The van der Waals surface area contributed by atoms with Gasteiger partial charge in [0.05, 0.1) is 5.69 Å². The van der Waals surface area contributed by atoms with Crippen molar-refractivity contribution >= 4 is 59.3 Å². The van der Waals surface area contributed by atoms with Crippen LogP contribution in [0.3, 0.4) is 0 Å². The second-order valence-corrected chi connectivity index (χ2v) is 5.59. The van der Waals surface area contributed by atoms with Crippen molar-refractivity contribution in [2.24, 2.45) is 0 Å². The highest BCUT2D eigenvalue weighted by atomic mass is 79.9. The number of anilines is 2. The largest absolute Gasteiger partial charge is 0.338 e. The van der Waals surface area contributed by atoms with Crippen molar-refractivity contribution in [2.75, 3.05) is 5.32 Å². The summed E-state index contributed by atoms with van der Waals surface area (Å²) in [6.45, 7) is 0. The summed E-state index contributed by atoms with van der Waals surface area (Å²) in [6.07, 6.45) is 0. The molecule has 0 spiro atoms. The van der Waals surface area contributed by atoms with Crippen LogP contribution in [0.1, 0.15) is 0 Å². The molecule has 1 heterocycles. The van der Waals surface area contributed by atoms with E-state index in [0.29, 0.717) is 0 Å². The standard InChI is InChI=1S/C11H7Br3N2/c12-7-3-1-4-8(13)11(7)16-10-6-2-5-9(14)15-10/h1-6H,(H,15,16). The molecular weight excluding hydrogens is 400 g/mol. The first-order valence-corrected chi connectivity index (χ1v) is 6.88. The molecule has 2 rings (SSSR count). The monoisotopic (exact) mass is 404 g/mol. The highest BCUT2D eigenvalue weighted by molar-refractivity contribution is 9.11. The number of hydrogen-bond acceptors (Lipinski definition) is 2. The molecule has 16 heavy (non-hydrogen) atoms. The maximum absolute atomic E-state index is 4.31. The van der Waals surface area contributed by atoms with Crippen LogP contribution in [-0.4, -0.2) is 4.98 Å². The van der Waals surface area contributed by atoms with E-state index < -0.39 is 0 Å². The van der Waals surface area contributed by atoms with E-state index in [4.69, 9.17) is 0 Å². The zero-order chi connectivity index (χ0) is 11.5. The molecule has 1 aromatic carbocycles. The summed E-state index contributed by atoms with van der Waals surface area (Å²) in [7, 11) is 0. The second kappa shape index (κ2) is 5.29. The van der Waals surface area contributed by atoms with Crippen molar-refractivity contribution in [3.05, 3.63) is 49.9 Å². The molecule has 1 N–H and O–H groups in total. The van der Waals surface area contributed by atoms with Gasteiger partial charge < -0.3 is 5.32 Å². The molecule has 82 valence electrons. The van der Waals surface area contributed by atoms with Crippen LogP contribution < -0.4 is 5.32 Å². The normalized spacial score (nSPS) is 10.2. The second-order valence-electron chi connectivity index (χ2n) is 3.07. The van der Waals surface area contributed by atoms with Crippen LogP contribution in [0.25, 0.3) is 0 Å². The third kappa shape index (κ3) is 2.84. The molecule has 0 atom stereocenters. The zero-order valence-corrected chi connectivity index (χ0v) is 12.8. The lowest BCUT2D eigenvalue weighted by atomic mass is 10.3. The number of para-hydroxylation sites is 1. The summed E-state index contributed by atoms with van der Waals surface area (Å²) in [5, 5.41) is 3.25. The highest BCUT2D eigenvalue weighted by Gasteiger charge is 2.05. The van der Waals surface area contributed by atoms with Crippen molar-refractivity contribution < 1.29 is 0 Å². The van der Waals surface area contributed by atoms with Gasteiger partial charge in [-0.05, 0) is 72.1 Å². The van der Waals surface area contributed by atoms with Crippen molar-refractivity contribution in [3.8, 4) is 0 Å². The molecule has 0 aliphatic rings. The van der Waals surface area contributed by atoms with Gasteiger partial charge >= 0.3 is 0 Å². The number of aromatic nitrogens is 1. The average Bonchev–Trinajstić information content (AvgIpc) is 2.24. The van der Waals surface area contributed by atoms with E-state index in [1.807, 2.05) is 36.4 Å². The summed E-state index contributed by atoms with van der Waals surface area (Å²) in [5.74, 6) is 0.793. The number of benzene rings is 1. The first-order valence-electron chi connectivity index (χ1n) is 4.50. The molecule has 5 heteroatoms. The van der Waals surface area contributed by atoms with E-state index in [2.05, 4.69) is 58.1 Å². The van der Waals surface area contributed by atoms with Gasteiger partial charge in [0.15, 0.2) is 0 Å². The number of halogens is 3. The molecule has 2 aromatic rings. The van der Waals surface area contributed by atoms with E-state index in [0.717, 1.165) is 25.1 Å². The minimum Gasteiger partial charge on any atom is -0.338 e. The van der Waals surface area contributed by atoms with Crippen LogP contribution in [0.5, 0.6) is 0 Å². The Bertz CT molecular complexity index is 494. The van der Waals surface area contributed by atoms with Crippen molar-refractivity contribution in [2.45, 2.75) is 0 Å². The fourth-order valence-electron chi connectivity index (χ4n) is 1.22.